The van der Waals surface area contributed by atoms with Crippen LogP contribution < -0.4 is 34.4 Å². The minimum atomic E-state index is -0.333. The molecule has 0 aliphatic heterocycles. The monoisotopic (exact) mass is 855 g/mol. The Kier molecular flexibility index (Phi) is 94.2. The van der Waals surface area contributed by atoms with Gasteiger partial charge in [-0.1, -0.05) is 0 Å². The molecule has 0 radical (unpaired) electrons. The molecule has 21 nitrogen and oxygen atoms in total. The molecule has 0 aliphatic rings. The SMILES string of the molecule is B.B.B.B.B.Cl.N=C(N)N.N=C(N)N.N=C(N)N.[Dy].c1cn[nH]c1.c1cn[nH]c1.c1cn[nH]c1.c1cn[nH]c1.c1cn[nH]c1.c1cn[nH]c1. The van der Waals surface area contributed by atoms with Crippen LogP contribution in [-0.2, 0) is 0 Å². The van der Waals surface area contributed by atoms with Gasteiger partial charge in [-0.3, -0.25) is 46.8 Å². The normalized spacial score (nSPS) is 6.37. The van der Waals surface area contributed by atoms with Crippen molar-refractivity contribution in [2.75, 3.05) is 0 Å². The minimum Gasteiger partial charge on any atom is -0.370 e. The molecule has 0 bridgehead atoms. The fraction of sp³-hybridized carbons (Fsp3) is 0. The number of aromatic nitrogens is 12. The van der Waals surface area contributed by atoms with Gasteiger partial charge in [-0.2, -0.15) is 30.6 Å². The maximum atomic E-state index is 6.06. The molecule has 6 aromatic heterocycles. The first kappa shape index (κ1) is 70.3. The summed E-state index contributed by atoms with van der Waals surface area (Å²) in [6, 6.07) is 11.0. The molecule has 0 aliphatic carbocycles. The second kappa shape index (κ2) is 65.6. The van der Waals surface area contributed by atoms with Crippen LogP contribution in [0.3, 0.4) is 0 Å². The van der Waals surface area contributed by atoms with Crippen LogP contribution >= 0.6 is 12.4 Å². The molecule has 0 amide bonds. The van der Waals surface area contributed by atoms with Gasteiger partial charge in [0.05, 0.1) is 42.1 Å². The van der Waals surface area contributed by atoms with Gasteiger partial charge in [0.25, 0.3) is 0 Å². The van der Waals surface area contributed by atoms with E-state index in [2.05, 4.69) is 95.6 Å². The molecular formula is C21H55B5ClDyN21. The number of hydrogen-bond acceptors (Lipinski definition) is 9. The molecule has 0 unspecified atom stereocenters. The molecule has 6 rings (SSSR count). The van der Waals surface area contributed by atoms with Crippen molar-refractivity contribution in [1.82, 2.24) is 61.2 Å². The van der Waals surface area contributed by atoms with Crippen LogP contribution in [-0.4, -0.2) is 121 Å². The van der Waals surface area contributed by atoms with E-state index in [9.17, 15) is 0 Å². The predicted molar refractivity (Wildman–Crippen MR) is 217 cm³/mol. The zero-order chi connectivity index (χ0) is 31.9. The van der Waals surface area contributed by atoms with Crippen molar-refractivity contribution in [2.24, 2.45) is 34.4 Å². The summed E-state index contributed by atoms with van der Waals surface area (Å²) >= 11 is 0. The first-order chi connectivity index (χ1) is 20.2. The largest absolute Gasteiger partial charge is 0.370 e. The Labute approximate surface area is 331 Å². The molecule has 276 valence electrons. The third-order valence-corrected chi connectivity index (χ3v) is 2.44. The van der Waals surface area contributed by atoms with E-state index in [0.717, 1.165) is 0 Å². The first-order valence-corrected chi connectivity index (χ1v) is 11.1. The van der Waals surface area contributed by atoms with E-state index in [0.29, 0.717) is 0 Å². The zero-order valence-corrected chi connectivity index (χ0v) is 26.1. The number of nitrogens with zero attached hydrogens (tertiary/aromatic N) is 6. The average molecular weight is 854 g/mol. The van der Waals surface area contributed by atoms with Crippen LogP contribution in [0.1, 0.15) is 0 Å². The van der Waals surface area contributed by atoms with E-state index in [1.54, 1.807) is 74.4 Å². The summed E-state index contributed by atoms with van der Waals surface area (Å²) in [5.41, 5.74) is 26.8. The molecule has 21 N–H and O–H groups in total. The Hall–Kier alpha value is -5.04. The number of hydrogen-bond donors (Lipinski definition) is 15. The van der Waals surface area contributed by atoms with E-state index < -0.39 is 0 Å². The van der Waals surface area contributed by atoms with Crippen molar-refractivity contribution >= 4 is 72.4 Å². The predicted octanol–water partition coefficient (Wildman–Crippen LogP) is -6.52. The third-order valence-electron chi connectivity index (χ3n) is 2.44. The number of H-pyrrole nitrogens is 6. The number of aromatic amines is 6. The maximum absolute atomic E-state index is 6.06. The van der Waals surface area contributed by atoms with Crippen LogP contribution in [0.2, 0.25) is 0 Å². The van der Waals surface area contributed by atoms with Gasteiger partial charge in [0.2, 0.25) is 0 Å². The van der Waals surface area contributed by atoms with Gasteiger partial charge in [0.1, 0.15) is 0 Å². The fourth-order valence-electron chi connectivity index (χ4n) is 1.29. The van der Waals surface area contributed by atoms with Gasteiger partial charge in [-0.05, 0) is 36.4 Å². The summed E-state index contributed by atoms with van der Waals surface area (Å²) in [5.74, 6) is -1.000. The third kappa shape index (κ3) is 116. The van der Waals surface area contributed by atoms with Crippen molar-refractivity contribution in [2.45, 2.75) is 0 Å². The molecule has 6 heterocycles. The smallest absolute Gasteiger partial charge is 0.183 e. The Morgan fingerprint density at radius 2 is 0.449 bits per heavy atom. The number of nitrogens with two attached hydrogens (primary N) is 6. The summed E-state index contributed by atoms with van der Waals surface area (Å²) in [5, 5.41) is 55.4. The van der Waals surface area contributed by atoms with Crippen molar-refractivity contribution in [3.63, 3.8) is 0 Å². The number of rotatable bonds is 0. The second-order valence-corrected chi connectivity index (χ2v) is 5.96. The molecule has 0 aromatic carbocycles. The average Bonchev–Trinajstić information content (AvgIpc) is 3.86. The summed E-state index contributed by atoms with van der Waals surface area (Å²) in [6.45, 7) is 0. The van der Waals surface area contributed by atoms with Crippen LogP contribution in [0, 0.1) is 54.4 Å². The molecule has 0 atom stereocenters. The molecular weight excluding hydrogens is 798 g/mol. The Morgan fingerprint density at radius 1 is 0.347 bits per heavy atom. The summed E-state index contributed by atoms with van der Waals surface area (Å²) in [6.07, 6.45) is 20.8. The molecule has 0 spiro atoms. The Bertz CT molecular complexity index is 853. The molecule has 0 saturated heterocycles. The van der Waals surface area contributed by atoms with E-state index in [1.165, 1.54) is 0 Å². The van der Waals surface area contributed by atoms with Crippen LogP contribution in [0.15, 0.2) is 111 Å². The quantitative estimate of drug-likeness (QED) is 0.0385. The van der Waals surface area contributed by atoms with Crippen molar-refractivity contribution in [1.29, 1.82) is 16.2 Å². The van der Waals surface area contributed by atoms with Crippen LogP contribution in [0.4, 0.5) is 0 Å². The topological polar surface area (TPSA) is 400 Å². The number of nitrogens with one attached hydrogen (secondary N) is 9. The zero-order valence-electron chi connectivity index (χ0n) is 23.3. The molecule has 28 heteroatoms. The van der Waals surface area contributed by atoms with Gasteiger partial charge in [0.15, 0.2) is 17.9 Å². The Balaban J connectivity index is -0.0000000430. The van der Waals surface area contributed by atoms with Crippen LogP contribution in [0.25, 0.3) is 0 Å². The van der Waals surface area contributed by atoms with Gasteiger partial charge < -0.3 is 34.4 Å². The van der Waals surface area contributed by atoms with Gasteiger partial charge in [-0.15, -0.1) is 12.4 Å². The van der Waals surface area contributed by atoms with E-state index in [-0.39, 0.29) is 111 Å². The second-order valence-electron chi connectivity index (χ2n) is 5.96. The van der Waals surface area contributed by atoms with Gasteiger partial charge >= 0.3 is 0 Å². The van der Waals surface area contributed by atoms with Crippen molar-refractivity contribution < 1.29 is 38.2 Å². The van der Waals surface area contributed by atoms with Gasteiger partial charge in [-0.25, -0.2) is 0 Å². The first-order valence-electron chi connectivity index (χ1n) is 11.1. The van der Waals surface area contributed by atoms with Crippen LogP contribution in [0.5, 0.6) is 0 Å². The van der Waals surface area contributed by atoms with Gasteiger partial charge in [0, 0.05) is 113 Å². The number of halogens is 1. The Morgan fingerprint density at radius 3 is 0.469 bits per heavy atom. The van der Waals surface area contributed by atoms with E-state index in [4.69, 9.17) is 16.2 Å². The summed E-state index contributed by atoms with van der Waals surface area (Å²) < 4.78 is 0. The van der Waals surface area contributed by atoms with E-state index in [1.807, 2.05) is 36.4 Å². The maximum Gasteiger partial charge on any atom is 0.183 e. The summed E-state index contributed by atoms with van der Waals surface area (Å²) in [7, 11) is 0. The molecule has 0 fully saturated rings. The van der Waals surface area contributed by atoms with Crippen molar-refractivity contribution in [3.8, 4) is 0 Å². The fourth-order valence-corrected chi connectivity index (χ4v) is 1.29. The molecule has 0 saturated carbocycles. The van der Waals surface area contributed by atoms with Crippen molar-refractivity contribution in [3.05, 3.63) is 111 Å². The summed E-state index contributed by atoms with van der Waals surface area (Å²) in [4.78, 5) is 0. The molecule has 49 heavy (non-hydrogen) atoms. The minimum absolute atomic E-state index is 0. The van der Waals surface area contributed by atoms with E-state index >= 15 is 0 Å². The molecule has 6 aromatic rings. The number of guanidine groups is 3. The standard InChI is InChI=1S/6C3H4N2.3CH5N3.5BH3.ClH.Dy/c6*1-2-4-5-3-1;3*2-1(3)4;;;;;;;/h6*1-3H,(H,4,5);3*(H5,2,3,4);5*1H3;1H;.